The minimum atomic E-state index is -0.460. The van der Waals surface area contributed by atoms with Crippen molar-refractivity contribution in [1.29, 1.82) is 0 Å². The summed E-state index contributed by atoms with van der Waals surface area (Å²) in [7, 11) is 0. The summed E-state index contributed by atoms with van der Waals surface area (Å²) in [6.07, 6.45) is 7.80. The molecule has 0 bridgehead atoms. The fourth-order valence-electron chi connectivity index (χ4n) is 3.90. The number of nitrogens with zero attached hydrogens (tertiary/aromatic N) is 1. The number of rotatable bonds is 1. The molecule has 2 fully saturated rings. The van der Waals surface area contributed by atoms with E-state index in [4.69, 9.17) is 9.47 Å². The number of ether oxygens (including phenoxy) is 2. The average molecular weight is 341 g/mol. The van der Waals surface area contributed by atoms with Crippen LogP contribution in [0, 0.1) is 0 Å². The molecule has 4 rings (SSSR count). The van der Waals surface area contributed by atoms with Gasteiger partial charge < -0.3 is 19.5 Å². The summed E-state index contributed by atoms with van der Waals surface area (Å²) in [5, 5.41) is 10.3. The normalized spacial score (nSPS) is 24.9. The van der Waals surface area contributed by atoms with E-state index >= 15 is 0 Å². The van der Waals surface area contributed by atoms with Crippen molar-refractivity contribution in [3.63, 3.8) is 0 Å². The molecule has 0 aromatic heterocycles. The van der Waals surface area contributed by atoms with Gasteiger partial charge in [0.2, 0.25) is 0 Å². The highest BCUT2D eigenvalue weighted by Crippen LogP contribution is 2.36. The molecule has 3 aliphatic rings. The Morgan fingerprint density at radius 2 is 2.04 bits per heavy atom. The Balaban J connectivity index is 1.48. The fraction of sp³-hybridized carbons (Fsp3) is 0.450. The van der Waals surface area contributed by atoms with Crippen molar-refractivity contribution < 1.29 is 19.4 Å². The standard InChI is InChI=1S/C20H23NO4/c22-18-6-3-12-25-20(18)8-10-21(11-9-20)19(23)16-7-13-24-17-5-2-1-4-15(17)14-16/h1-2,4-5,7,13-14,18,22H,3,6,8-12H2/t18-/m0/s1. The summed E-state index contributed by atoms with van der Waals surface area (Å²) < 4.78 is 11.5. The van der Waals surface area contributed by atoms with Crippen LogP contribution < -0.4 is 4.74 Å². The SMILES string of the molecule is O=C(C1=Cc2ccccc2OC=C1)N1CCC2(CC1)OCCC[C@@H]2O. The molecule has 1 atom stereocenters. The van der Waals surface area contributed by atoms with E-state index in [2.05, 4.69) is 0 Å². The number of piperidine rings is 1. The summed E-state index contributed by atoms with van der Waals surface area (Å²) in [6.45, 7) is 1.90. The Kier molecular flexibility index (Phi) is 4.36. The van der Waals surface area contributed by atoms with Crippen LogP contribution in [0.2, 0.25) is 0 Å². The topological polar surface area (TPSA) is 59.0 Å². The first-order valence-corrected chi connectivity index (χ1v) is 8.93. The fourth-order valence-corrected chi connectivity index (χ4v) is 3.90. The number of likely N-dealkylation sites (tertiary alicyclic amines) is 1. The van der Waals surface area contributed by atoms with Crippen LogP contribution in [0.5, 0.6) is 5.75 Å². The highest BCUT2D eigenvalue weighted by Gasteiger charge is 2.44. The first kappa shape index (κ1) is 16.4. The van der Waals surface area contributed by atoms with E-state index in [0.29, 0.717) is 38.1 Å². The molecular formula is C20H23NO4. The maximum absolute atomic E-state index is 12.9. The molecule has 25 heavy (non-hydrogen) atoms. The quantitative estimate of drug-likeness (QED) is 0.853. The molecule has 2 saturated heterocycles. The Morgan fingerprint density at radius 1 is 1.24 bits per heavy atom. The Labute approximate surface area is 147 Å². The van der Waals surface area contributed by atoms with Gasteiger partial charge in [0.15, 0.2) is 0 Å². The maximum atomic E-state index is 12.9. The van der Waals surface area contributed by atoms with Gasteiger partial charge in [0.1, 0.15) is 5.75 Å². The van der Waals surface area contributed by atoms with E-state index in [1.165, 1.54) is 0 Å². The molecule has 1 aromatic carbocycles. The lowest BCUT2D eigenvalue weighted by Gasteiger charge is -2.46. The third-order valence-electron chi connectivity index (χ3n) is 5.44. The third-order valence-corrected chi connectivity index (χ3v) is 5.44. The first-order valence-electron chi connectivity index (χ1n) is 8.93. The molecule has 1 aromatic rings. The van der Waals surface area contributed by atoms with Crippen molar-refractivity contribution >= 4 is 12.0 Å². The van der Waals surface area contributed by atoms with Gasteiger partial charge in [-0.3, -0.25) is 4.79 Å². The molecule has 0 aliphatic carbocycles. The lowest BCUT2D eigenvalue weighted by Crippen LogP contribution is -2.56. The monoisotopic (exact) mass is 341 g/mol. The number of carbonyl (C=O) groups excluding carboxylic acids is 1. The van der Waals surface area contributed by atoms with Gasteiger partial charge >= 0.3 is 0 Å². The van der Waals surface area contributed by atoms with Crippen molar-refractivity contribution in [1.82, 2.24) is 4.90 Å². The molecule has 3 aliphatic heterocycles. The van der Waals surface area contributed by atoms with Crippen LogP contribution in [0.15, 0.2) is 42.2 Å². The molecule has 132 valence electrons. The second kappa shape index (κ2) is 6.65. The highest BCUT2D eigenvalue weighted by molar-refractivity contribution is 6.01. The number of aliphatic hydroxyl groups is 1. The van der Waals surface area contributed by atoms with Gasteiger partial charge in [-0.2, -0.15) is 0 Å². The summed E-state index contributed by atoms with van der Waals surface area (Å²) in [6, 6.07) is 7.66. The van der Waals surface area contributed by atoms with Crippen LogP contribution >= 0.6 is 0 Å². The number of aliphatic hydroxyl groups excluding tert-OH is 1. The van der Waals surface area contributed by atoms with Crippen molar-refractivity contribution in [2.75, 3.05) is 19.7 Å². The number of para-hydroxylation sites is 1. The molecular weight excluding hydrogens is 318 g/mol. The van der Waals surface area contributed by atoms with Crippen LogP contribution in [0.1, 0.15) is 31.2 Å². The van der Waals surface area contributed by atoms with Gasteiger partial charge in [-0.15, -0.1) is 0 Å². The maximum Gasteiger partial charge on any atom is 0.253 e. The Morgan fingerprint density at radius 3 is 2.84 bits per heavy atom. The molecule has 5 heteroatoms. The number of amides is 1. The zero-order valence-corrected chi connectivity index (χ0v) is 14.2. The van der Waals surface area contributed by atoms with Crippen molar-refractivity contribution in [2.45, 2.75) is 37.4 Å². The van der Waals surface area contributed by atoms with Crippen LogP contribution in [-0.2, 0) is 9.53 Å². The first-order chi connectivity index (χ1) is 12.2. The molecule has 3 heterocycles. The molecule has 1 N–H and O–H groups in total. The Bertz CT molecular complexity index is 716. The third kappa shape index (κ3) is 3.10. The zero-order valence-electron chi connectivity index (χ0n) is 14.2. The summed E-state index contributed by atoms with van der Waals surface area (Å²) in [5.41, 5.74) is 1.06. The van der Waals surface area contributed by atoms with Crippen molar-refractivity contribution in [2.24, 2.45) is 0 Å². The lowest BCUT2D eigenvalue weighted by atomic mass is 9.82. The average Bonchev–Trinajstić information content (AvgIpc) is 2.87. The van der Waals surface area contributed by atoms with Crippen LogP contribution in [0.4, 0.5) is 0 Å². The minimum Gasteiger partial charge on any atom is -0.464 e. The number of benzene rings is 1. The number of hydrogen-bond donors (Lipinski definition) is 1. The van der Waals surface area contributed by atoms with Crippen molar-refractivity contribution in [3.8, 4) is 5.75 Å². The van der Waals surface area contributed by atoms with Crippen LogP contribution in [0.25, 0.3) is 6.08 Å². The largest absolute Gasteiger partial charge is 0.464 e. The van der Waals surface area contributed by atoms with Gasteiger partial charge in [0, 0.05) is 30.8 Å². The van der Waals surface area contributed by atoms with E-state index in [0.717, 1.165) is 24.2 Å². The second-order valence-electron chi connectivity index (χ2n) is 6.92. The second-order valence-corrected chi connectivity index (χ2v) is 6.92. The number of hydrogen-bond acceptors (Lipinski definition) is 4. The molecule has 1 spiro atoms. The van der Waals surface area contributed by atoms with Crippen LogP contribution in [0.3, 0.4) is 0 Å². The van der Waals surface area contributed by atoms with E-state index in [-0.39, 0.29) is 5.91 Å². The summed E-state index contributed by atoms with van der Waals surface area (Å²) in [4.78, 5) is 14.8. The molecule has 5 nitrogen and oxygen atoms in total. The van der Waals surface area contributed by atoms with E-state index in [1.807, 2.05) is 35.2 Å². The Hall–Kier alpha value is -2.11. The number of fused-ring (bicyclic) bond motifs is 1. The molecule has 1 amide bonds. The van der Waals surface area contributed by atoms with Gasteiger partial charge in [-0.25, -0.2) is 0 Å². The van der Waals surface area contributed by atoms with E-state index < -0.39 is 11.7 Å². The smallest absolute Gasteiger partial charge is 0.253 e. The summed E-state index contributed by atoms with van der Waals surface area (Å²) in [5.74, 6) is 0.745. The highest BCUT2D eigenvalue weighted by atomic mass is 16.5. The predicted octanol–water partition coefficient (Wildman–Crippen LogP) is 2.51. The van der Waals surface area contributed by atoms with Gasteiger partial charge in [-0.1, -0.05) is 18.2 Å². The van der Waals surface area contributed by atoms with Crippen LogP contribution in [-0.4, -0.2) is 47.3 Å². The zero-order chi connectivity index (χ0) is 17.3. The van der Waals surface area contributed by atoms with E-state index in [1.54, 1.807) is 12.3 Å². The predicted molar refractivity (Wildman–Crippen MR) is 93.9 cm³/mol. The van der Waals surface area contributed by atoms with E-state index in [9.17, 15) is 9.90 Å². The minimum absolute atomic E-state index is 0.00305. The number of carbonyl (C=O) groups is 1. The van der Waals surface area contributed by atoms with Gasteiger partial charge in [0.25, 0.3) is 5.91 Å². The van der Waals surface area contributed by atoms with Gasteiger partial charge in [0.05, 0.1) is 18.0 Å². The van der Waals surface area contributed by atoms with Crippen molar-refractivity contribution in [3.05, 3.63) is 47.7 Å². The summed E-state index contributed by atoms with van der Waals surface area (Å²) >= 11 is 0. The molecule has 0 saturated carbocycles. The molecule has 0 unspecified atom stereocenters. The lowest BCUT2D eigenvalue weighted by molar-refractivity contribution is -0.178. The van der Waals surface area contributed by atoms with Gasteiger partial charge in [-0.05, 0) is 43.9 Å². The molecule has 0 radical (unpaired) electrons.